The van der Waals surface area contributed by atoms with Gasteiger partial charge in [-0.2, -0.15) is 0 Å². The summed E-state index contributed by atoms with van der Waals surface area (Å²) >= 11 is 1.70. The van der Waals surface area contributed by atoms with Crippen molar-refractivity contribution in [2.45, 2.75) is 41.5 Å². The third kappa shape index (κ3) is 17.6. The zero-order valence-electron chi connectivity index (χ0n) is 23.4. The predicted molar refractivity (Wildman–Crippen MR) is 175 cm³/mol. The van der Waals surface area contributed by atoms with Crippen molar-refractivity contribution < 1.29 is 22.6 Å². The number of carbonyl (C=O) groups excluding carboxylic acids is 1. The van der Waals surface area contributed by atoms with E-state index >= 15 is 0 Å². The van der Waals surface area contributed by atoms with Crippen molar-refractivity contribution in [2.75, 3.05) is 37.0 Å². The van der Waals surface area contributed by atoms with Crippen molar-refractivity contribution in [3.63, 3.8) is 0 Å². The van der Waals surface area contributed by atoms with E-state index < -0.39 is 0 Å². The van der Waals surface area contributed by atoms with E-state index in [9.17, 15) is 0 Å². The van der Waals surface area contributed by atoms with Gasteiger partial charge in [0.15, 0.2) is 0 Å². The van der Waals surface area contributed by atoms with Gasteiger partial charge in [-0.15, -0.1) is 12.4 Å². The molecule has 0 fully saturated rings. The molecule has 0 aliphatic heterocycles. The molecule has 1 nitrogen and oxygen atoms in total. The van der Waals surface area contributed by atoms with Crippen molar-refractivity contribution in [2.24, 2.45) is 0 Å². The third-order valence-corrected chi connectivity index (χ3v) is 13.3. The zero-order valence-corrected chi connectivity index (χ0v) is 28.7. The van der Waals surface area contributed by atoms with Crippen LogP contribution in [0.1, 0.15) is 41.5 Å². The SMILES string of the molecule is CCP(CC)c1ccccc1.CCP(CC)c1ccccc1.CCP(CC)c1ccccc1.Cl.O=[C]=[Ru]. The van der Waals surface area contributed by atoms with Gasteiger partial charge < -0.3 is 0 Å². The van der Waals surface area contributed by atoms with Crippen LogP contribution in [0.25, 0.3) is 0 Å². The van der Waals surface area contributed by atoms with Crippen LogP contribution in [0.2, 0.25) is 0 Å². The van der Waals surface area contributed by atoms with E-state index in [1.807, 2.05) is 0 Å². The monoisotopic (exact) mass is 664 g/mol. The molecule has 3 aromatic carbocycles. The summed E-state index contributed by atoms with van der Waals surface area (Å²) in [6.07, 6.45) is 7.89. The topological polar surface area (TPSA) is 17.1 Å². The van der Waals surface area contributed by atoms with Gasteiger partial charge in [-0.25, -0.2) is 0 Å². The molecule has 0 atom stereocenters. The maximum absolute atomic E-state index is 8.65. The standard InChI is InChI=1S/3C10H15P.CO.ClH.Ru/c3*1-3-11(4-2)10-8-6-5-7-9-10;1-2;;/h3*5-9H,3-4H2,1-2H3;;1H;. The van der Waals surface area contributed by atoms with Gasteiger partial charge >= 0.3 is 27.1 Å². The molecule has 6 heteroatoms. The van der Waals surface area contributed by atoms with Crippen molar-refractivity contribution in [1.29, 1.82) is 0 Å². The summed E-state index contributed by atoms with van der Waals surface area (Å²) in [7, 11) is 0.446. The second-order valence-corrected chi connectivity index (χ2v) is 16.5. The summed E-state index contributed by atoms with van der Waals surface area (Å²) in [5, 5.41) is 4.65. The average molecular weight is 664 g/mol. The molecule has 0 saturated carbocycles. The number of hydrogen-bond acceptors (Lipinski definition) is 1. The third-order valence-electron chi connectivity index (χ3n) is 5.65. The van der Waals surface area contributed by atoms with Gasteiger partial charge in [0.25, 0.3) is 0 Å². The van der Waals surface area contributed by atoms with Crippen LogP contribution in [0.15, 0.2) is 91.0 Å². The molecular formula is C31H46ClOP3Ru. The van der Waals surface area contributed by atoms with Gasteiger partial charge in [-0.3, -0.25) is 0 Å². The molecule has 3 rings (SSSR count). The van der Waals surface area contributed by atoms with Gasteiger partial charge in [-0.1, -0.05) is 156 Å². The van der Waals surface area contributed by atoms with Crippen LogP contribution in [0.4, 0.5) is 0 Å². The van der Waals surface area contributed by atoms with Crippen molar-refractivity contribution in [3.05, 3.63) is 91.0 Å². The average Bonchev–Trinajstić information content (AvgIpc) is 2.94. The second-order valence-electron chi connectivity index (χ2n) is 7.60. The Labute approximate surface area is 247 Å². The normalized spacial score (nSPS) is 9.57. The summed E-state index contributed by atoms with van der Waals surface area (Å²) < 4.78 is 1.43. The fourth-order valence-electron chi connectivity index (χ4n) is 3.68. The Hall–Kier alpha value is -0.557. The first-order valence-electron chi connectivity index (χ1n) is 12.9. The first-order chi connectivity index (χ1) is 17.6. The Morgan fingerprint density at radius 2 is 0.649 bits per heavy atom. The molecule has 206 valence electrons. The van der Waals surface area contributed by atoms with E-state index in [0.717, 1.165) is 0 Å². The molecule has 0 aromatic heterocycles. The Morgan fingerprint density at radius 1 is 0.486 bits per heavy atom. The van der Waals surface area contributed by atoms with Crippen molar-refractivity contribution in [3.8, 4) is 0 Å². The van der Waals surface area contributed by atoms with E-state index in [4.69, 9.17) is 4.79 Å². The van der Waals surface area contributed by atoms with Crippen LogP contribution in [-0.2, 0) is 22.6 Å². The summed E-state index contributed by atoms with van der Waals surface area (Å²) in [6.45, 7) is 13.7. The summed E-state index contributed by atoms with van der Waals surface area (Å²) in [5.74, 6) is 0. The van der Waals surface area contributed by atoms with Crippen LogP contribution in [0.3, 0.4) is 0 Å². The Bertz CT molecular complexity index is 783. The molecule has 3 aromatic rings. The van der Waals surface area contributed by atoms with Crippen LogP contribution in [0, 0.1) is 0 Å². The Balaban J connectivity index is 0. The molecule has 0 bridgehead atoms. The predicted octanol–water partition coefficient (Wildman–Crippen LogP) is 8.52. The van der Waals surface area contributed by atoms with Gasteiger partial charge in [0, 0.05) is 0 Å². The molecule has 0 saturated heterocycles. The van der Waals surface area contributed by atoms with Crippen LogP contribution >= 0.6 is 36.2 Å². The minimum absolute atomic E-state index is 0. The summed E-state index contributed by atoms with van der Waals surface area (Å²) in [6, 6.07) is 32.6. The fourth-order valence-corrected chi connectivity index (χ4v) is 9.00. The maximum atomic E-state index is 8.65. The molecule has 0 amide bonds. The van der Waals surface area contributed by atoms with Gasteiger partial charge in [0.05, 0.1) is 0 Å². The molecule has 0 heterocycles. The van der Waals surface area contributed by atoms with E-state index in [2.05, 4.69) is 133 Å². The Morgan fingerprint density at radius 3 is 0.784 bits per heavy atom. The van der Waals surface area contributed by atoms with E-state index in [1.165, 1.54) is 41.4 Å². The molecular weight excluding hydrogens is 618 g/mol. The van der Waals surface area contributed by atoms with E-state index in [0.29, 0.717) is 0 Å². The first-order valence-corrected chi connectivity index (χ1v) is 18.9. The molecule has 0 N–H and O–H groups in total. The Kier molecular flexibility index (Phi) is 28.2. The van der Waals surface area contributed by atoms with Crippen LogP contribution < -0.4 is 15.9 Å². The summed E-state index contributed by atoms with van der Waals surface area (Å²) in [4.78, 5) is 8.65. The quantitative estimate of drug-likeness (QED) is 0.166. The molecule has 0 unspecified atom stereocenters. The number of hydrogen-bond donors (Lipinski definition) is 0. The fraction of sp³-hybridized carbons (Fsp3) is 0.387. The number of benzene rings is 3. The zero-order chi connectivity index (χ0) is 27.0. The van der Waals surface area contributed by atoms with Crippen LogP contribution in [0.5, 0.6) is 0 Å². The van der Waals surface area contributed by atoms with E-state index in [1.54, 1.807) is 33.8 Å². The second kappa shape index (κ2) is 27.0. The summed E-state index contributed by atoms with van der Waals surface area (Å²) in [5.41, 5.74) is 0. The molecule has 37 heavy (non-hydrogen) atoms. The van der Waals surface area contributed by atoms with Crippen LogP contribution in [-0.4, -0.2) is 41.4 Å². The van der Waals surface area contributed by atoms with E-state index in [-0.39, 0.29) is 36.2 Å². The molecule has 0 spiro atoms. The van der Waals surface area contributed by atoms with Gasteiger partial charge in [0.2, 0.25) is 0 Å². The van der Waals surface area contributed by atoms with Crippen molar-refractivity contribution >= 4 is 56.6 Å². The first kappa shape index (κ1) is 38.6. The van der Waals surface area contributed by atoms with Crippen molar-refractivity contribution in [1.82, 2.24) is 0 Å². The molecule has 0 aliphatic rings. The number of halogens is 1. The van der Waals surface area contributed by atoms with Gasteiger partial charge in [0.1, 0.15) is 0 Å². The minimum atomic E-state index is 0. The number of rotatable bonds is 9. The molecule has 0 aliphatic carbocycles. The molecule has 0 radical (unpaired) electrons. The van der Waals surface area contributed by atoms with Gasteiger partial charge in [-0.05, 0) is 52.9 Å².